The van der Waals surface area contributed by atoms with Gasteiger partial charge in [0.2, 0.25) is 5.88 Å². The molecule has 2 rings (SSSR count). The topological polar surface area (TPSA) is 71.4 Å². The van der Waals surface area contributed by atoms with E-state index < -0.39 is 11.7 Å². The summed E-state index contributed by atoms with van der Waals surface area (Å²) in [6, 6.07) is 2.14. The highest BCUT2D eigenvalue weighted by Gasteiger charge is 2.30. The van der Waals surface area contributed by atoms with E-state index in [0.29, 0.717) is 19.0 Å². The molecule has 2 heterocycles. The molecule has 0 aliphatic carbocycles. The third-order valence-corrected chi connectivity index (χ3v) is 4.42. The van der Waals surface area contributed by atoms with Crippen LogP contribution < -0.4 is 15.4 Å². The summed E-state index contributed by atoms with van der Waals surface area (Å²) < 4.78 is 42.7. The highest BCUT2D eigenvalue weighted by atomic mass is 127. The molecule has 0 unspecified atom stereocenters. The van der Waals surface area contributed by atoms with Crippen LogP contribution in [0.2, 0.25) is 0 Å². The number of hydrogen-bond acceptors (Lipinski definition) is 5. The number of guanidine groups is 1. The summed E-state index contributed by atoms with van der Waals surface area (Å²) >= 11 is 1.63. The number of nitrogens with one attached hydrogen (secondary N) is 2. The number of aryl methyl sites for hydroxylation is 2. The van der Waals surface area contributed by atoms with E-state index >= 15 is 0 Å². The second-order valence-electron chi connectivity index (χ2n) is 5.33. The Kier molecular flexibility index (Phi) is 9.22. The zero-order valence-corrected chi connectivity index (χ0v) is 18.2. The van der Waals surface area contributed by atoms with Crippen LogP contribution in [-0.2, 0) is 12.7 Å². The maximum atomic E-state index is 12.5. The van der Waals surface area contributed by atoms with E-state index in [1.54, 1.807) is 18.4 Å². The number of ether oxygens (including phenoxy) is 1. The molecule has 0 spiro atoms. The molecule has 0 aliphatic rings. The fourth-order valence-corrected chi connectivity index (χ4v) is 2.96. The van der Waals surface area contributed by atoms with Gasteiger partial charge in [-0.15, -0.1) is 35.3 Å². The minimum Gasteiger partial charge on any atom is -0.476 e. The lowest BCUT2D eigenvalue weighted by molar-refractivity contribution is -0.137. The van der Waals surface area contributed by atoms with Crippen molar-refractivity contribution in [1.82, 2.24) is 20.6 Å². The lowest BCUT2D eigenvalue weighted by Crippen LogP contribution is -2.38. The molecular formula is C16H21F3IN5OS. The summed E-state index contributed by atoms with van der Waals surface area (Å²) in [6.07, 6.45) is -3.65. The van der Waals surface area contributed by atoms with Crippen LogP contribution in [0.4, 0.5) is 13.2 Å². The van der Waals surface area contributed by atoms with Gasteiger partial charge in [0.15, 0.2) is 5.96 Å². The highest BCUT2D eigenvalue weighted by Crippen LogP contribution is 2.29. The molecule has 0 aromatic carbocycles. The summed E-state index contributed by atoms with van der Waals surface area (Å²) in [5.74, 6) is 0.734. The van der Waals surface area contributed by atoms with Crippen LogP contribution in [0.1, 0.15) is 21.1 Å². The lowest BCUT2D eigenvalue weighted by atomic mass is 10.3. The quantitative estimate of drug-likeness (QED) is 0.267. The molecule has 0 atom stereocenters. The Bertz CT molecular complexity index is 750. The first kappa shape index (κ1) is 23.4. The van der Waals surface area contributed by atoms with Gasteiger partial charge in [-0.3, -0.25) is 4.99 Å². The van der Waals surface area contributed by atoms with Crippen LogP contribution in [0.15, 0.2) is 23.3 Å². The number of pyridine rings is 1. The zero-order chi connectivity index (χ0) is 19.2. The molecule has 2 aromatic rings. The largest absolute Gasteiger partial charge is 0.476 e. The van der Waals surface area contributed by atoms with Crippen LogP contribution in [0.3, 0.4) is 0 Å². The van der Waals surface area contributed by atoms with E-state index in [4.69, 9.17) is 4.74 Å². The first-order valence-corrected chi connectivity index (χ1v) is 8.64. The van der Waals surface area contributed by atoms with Gasteiger partial charge in [-0.25, -0.2) is 9.97 Å². The fraction of sp³-hybridized carbons (Fsp3) is 0.438. The Hall–Kier alpha value is -1.63. The van der Waals surface area contributed by atoms with Crippen LogP contribution in [0, 0.1) is 13.8 Å². The van der Waals surface area contributed by atoms with Crippen LogP contribution in [-0.4, -0.2) is 36.1 Å². The average Bonchev–Trinajstić information content (AvgIpc) is 2.91. The number of hydrogen-bond donors (Lipinski definition) is 2. The lowest BCUT2D eigenvalue weighted by Gasteiger charge is -2.12. The molecule has 27 heavy (non-hydrogen) atoms. The van der Waals surface area contributed by atoms with Gasteiger partial charge in [0.25, 0.3) is 0 Å². The summed E-state index contributed by atoms with van der Waals surface area (Å²) in [5.41, 5.74) is 0.188. The van der Waals surface area contributed by atoms with Crippen molar-refractivity contribution in [3.63, 3.8) is 0 Å². The van der Waals surface area contributed by atoms with E-state index in [9.17, 15) is 13.2 Å². The van der Waals surface area contributed by atoms with E-state index in [-0.39, 0.29) is 36.5 Å². The van der Waals surface area contributed by atoms with Crippen molar-refractivity contribution < 1.29 is 17.9 Å². The molecule has 6 nitrogen and oxygen atoms in total. The number of aromatic nitrogens is 2. The summed E-state index contributed by atoms with van der Waals surface area (Å²) in [5, 5.41) is 7.25. The molecule has 0 saturated carbocycles. The van der Waals surface area contributed by atoms with E-state index in [2.05, 4.69) is 25.6 Å². The molecule has 2 aromatic heterocycles. The number of halogens is 4. The Morgan fingerprint density at radius 2 is 2.00 bits per heavy atom. The van der Waals surface area contributed by atoms with Crippen molar-refractivity contribution in [2.45, 2.75) is 26.6 Å². The fourth-order valence-electron chi connectivity index (χ4n) is 2.08. The molecule has 0 aliphatic heterocycles. The number of alkyl halides is 3. The zero-order valence-electron chi connectivity index (χ0n) is 15.1. The second kappa shape index (κ2) is 10.6. The predicted molar refractivity (Wildman–Crippen MR) is 110 cm³/mol. The molecule has 150 valence electrons. The maximum Gasteiger partial charge on any atom is 0.417 e. The predicted octanol–water partition coefficient (Wildman–Crippen LogP) is 3.54. The molecule has 2 N–H and O–H groups in total. The molecule has 0 saturated heterocycles. The Morgan fingerprint density at radius 3 is 2.52 bits per heavy atom. The monoisotopic (exact) mass is 515 g/mol. The van der Waals surface area contributed by atoms with E-state index in [0.717, 1.165) is 27.8 Å². The average molecular weight is 515 g/mol. The van der Waals surface area contributed by atoms with Crippen molar-refractivity contribution >= 4 is 41.3 Å². The molecule has 0 bridgehead atoms. The van der Waals surface area contributed by atoms with Gasteiger partial charge in [-0.05, 0) is 19.9 Å². The van der Waals surface area contributed by atoms with Gasteiger partial charge in [0, 0.05) is 24.2 Å². The Morgan fingerprint density at radius 1 is 1.26 bits per heavy atom. The standard InChI is InChI=1S/C16H20F3N5OS.HI/c1-10-13(26-11(2)24-10)9-23-15(20-3)21-6-7-25-14-5-4-12(8-22-14)16(17,18)19;/h4-5,8H,6-7,9H2,1-3H3,(H2,20,21,23);1H. The number of rotatable bonds is 6. The third-order valence-electron chi connectivity index (χ3n) is 3.35. The first-order valence-electron chi connectivity index (χ1n) is 7.83. The van der Waals surface area contributed by atoms with Gasteiger partial charge in [0.05, 0.1) is 29.4 Å². The van der Waals surface area contributed by atoms with Gasteiger partial charge < -0.3 is 15.4 Å². The van der Waals surface area contributed by atoms with Crippen molar-refractivity contribution in [3.8, 4) is 5.88 Å². The SMILES string of the molecule is CN=C(NCCOc1ccc(C(F)(F)F)cn1)NCc1sc(C)nc1C.I. The van der Waals surface area contributed by atoms with Crippen LogP contribution in [0.25, 0.3) is 0 Å². The molecule has 0 fully saturated rings. The van der Waals surface area contributed by atoms with Gasteiger partial charge in [-0.2, -0.15) is 13.2 Å². The summed E-state index contributed by atoms with van der Waals surface area (Å²) in [7, 11) is 1.65. The van der Waals surface area contributed by atoms with Crippen LogP contribution in [0.5, 0.6) is 5.88 Å². The third kappa shape index (κ3) is 7.48. The highest BCUT2D eigenvalue weighted by molar-refractivity contribution is 14.0. The minimum atomic E-state index is -4.40. The smallest absolute Gasteiger partial charge is 0.417 e. The maximum absolute atomic E-state index is 12.5. The van der Waals surface area contributed by atoms with E-state index in [1.165, 1.54) is 6.07 Å². The number of aliphatic imine (C=N–C) groups is 1. The molecule has 0 amide bonds. The minimum absolute atomic E-state index is 0. The van der Waals surface area contributed by atoms with Crippen molar-refractivity contribution in [2.75, 3.05) is 20.2 Å². The van der Waals surface area contributed by atoms with Gasteiger partial charge >= 0.3 is 6.18 Å². The summed E-state index contributed by atoms with van der Waals surface area (Å²) in [4.78, 5) is 13.3. The number of thiazole rings is 1. The van der Waals surface area contributed by atoms with Crippen molar-refractivity contribution in [3.05, 3.63) is 39.5 Å². The second-order valence-corrected chi connectivity index (χ2v) is 6.61. The van der Waals surface area contributed by atoms with Crippen LogP contribution >= 0.6 is 35.3 Å². The summed E-state index contributed by atoms with van der Waals surface area (Å²) in [6.45, 7) is 5.18. The number of nitrogens with zero attached hydrogens (tertiary/aromatic N) is 3. The van der Waals surface area contributed by atoms with Crippen molar-refractivity contribution in [1.29, 1.82) is 0 Å². The Balaban J connectivity index is 0.00000364. The van der Waals surface area contributed by atoms with Gasteiger partial charge in [0.1, 0.15) is 6.61 Å². The Labute approximate surface area is 176 Å². The van der Waals surface area contributed by atoms with Crippen molar-refractivity contribution in [2.24, 2.45) is 4.99 Å². The molecular weight excluding hydrogens is 494 g/mol. The first-order chi connectivity index (χ1) is 12.3. The normalized spacial score (nSPS) is 11.7. The van der Waals surface area contributed by atoms with Gasteiger partial charge in [-0.1, -0.05) is 0 Å². The van der Waals surface area contributed by atoms with E-state index in [1.807, 2.05) is 13.8 Å². The molecule has 0 radical (unpaired) electrons. The molecule has 11 heteroatoms.